The molecule has 0 fully saturated rings. The van der Waals surface area contributed by atoms with E-state index in [-0.39, 0.29) is 20.1 Å². The Morgan fingerprint density at radius 3 is 2.90 bits per heavy atom. The van der Waals surface area contributed by atoms with Gasteiger partial charge in [0.05, 0.1) is 30.1 Å². The number of pyridine rings is 2. The molecule has 0 aliphatic carbocycles. The van der Waals surface area contributed by atoms with Gasteiger partial charge in [-0.1, -0.05) is 12.1 Å². The van der Waals surface area contributed by atoms with Crippen molar-refractivity contribution < 1.29 is 28.2 Å². The lowest BCUT2D eigenvalue weighted by Crippen LogP contribution is -2.24. The number of nitrogens with zero attached hydrogens (tertiary/aromatic N) is 3. The number of carbonyl (C=O) groups excluding carboxylic acids is 1. The molecule has 3 aromatic heterocycles. The van der Waals surface area contributed by atoms with E-state index in [1.54, 1.807) is 12.3 Å². The number of ether oxygens (including phenoxy) is 1. The predicted octanol–water partition coefficient (Wildman–Crippen LogP) is 4.96. The molecule has 1 N–H and O–H groups in total. The van der Waals surface area contributed by atoms with Gasteiger partial charge in [0, 0.05) is 54.7 Å². The Balaban J connectivity index is 0.00000323. The second-order valence-corrected chi connectivity index (χ2v) is 11.3. The number of alkyl halides is 1. The smallest absolute Gasteiger partial charge is 0.251 e. The Kier molecular flexibility index (Phi) is 6.02. The van der Waals surface area contributed by atoms with Crippen LogP contribution in [0.15, 0.2) is 71.9 Å². The number of aromatic nitrogens is 3. The number of sulfone groups is 1. The largest absolute Gasteiger partial charge is 0.489 e. The van der Waals surface area contributed by atoms with Crippen LogP contribution in [-0.4, -0.2) is 41.0 Å². The van der Waals surface area contributed by atoms with Crippen LogP contribution >= 0.6 is 0 Å². The van der Waals surface area contributed by atoms with Crippen LogP contribution in [0.4, 0.5) is 8.78 Å². The number of fused-ring (bicyclic) bond motifs is 3. The molecule has 1 aliphatic rings. The van der Waals surface area contributed by atoms with E-state index < -0.39 is 44.1 Å². The first-order valence-corrected chi connectivity index (χ1v) is 13.7. The Morgan fingerprint density at radius 2 is 2.05 bits per heavy atom. The van der Waals surface area contributed by atoms with Crippen LogP contribution in [0.5, 0.6) is 5.75 Å². The summed E-state index contributed by atoms with van der Waals surface area (Å²) in [5, 5.41) is 4.50. The molecule has 0 saturated carbocycles. The third-order valence-corrected chi connectivity index (χ3v) is 8.60. The summed E-state index contributed by atoms with van der Waals surface area (Å²) >= 11 is 0. The van der Waals surface area contributed by atoms with Gasteiger partial charge in [0.25, 0.3) is 5.91 Å². The molecule has 1 aliphatic heterocycles. The van der Waals surface area contributed by atoms with Gasteiger partial charge in [0.15, 0.2) is 11.6 Å². The van der Waals surface area contributed by atoms with E-state index >= 15 is 0 Å². The lowest BCUT2D eigenvalue weighted by Gasteiger charge is -2.12. The van der Waals surface area contributed by atoms with Gasteiger partial charge in [0.1, 0.15) is 4.90 Å². The molecule has 0 spiro atoms. The van der Waals surface area contributed by atoms with Crippen LogP contribution in [0.1, 0.15) is 23.9 Å². The molecule has 0 bridgehead atoms. The number of hydrogen-bond donors (Lipinski definition) is 1. The fourth-order valence-electron chi connectivity index (χ4n) is 4.70. The molecule has 200 valence electrons. The maximum Gasteiger partial charge on any atom is 0.251 e. The zero-order valence-corrected chi connectivity index (χ0v) is 21.5. The van der Waals surface area contributed by atoms with E-state index in [0.717, 1.165) is 39.7 Å². The van der Waals surface area contributed by atoms with E-state index in [1.165, 1.54) is 0 Å². The highest BCUT2D eigenvalue weighted by Gasteiger charge is 2.35. The van der Waals surface area contributed by atoms with Crippen molar-refractivity contribution in [2.75, 3.05) is 6.61 Å². The summed E-state index contributed by atoms with van der Waals surface area (Å²) < 4.78 is 60.9. The van der Waals surface area contributed by atoms with E-state index in [4.69, 9.17) is 9.72 Å². The molecule has 11 heteroatoms. The number of halogens is 2. The van der Waals surface area contributed by atoms with Crippen molar-refractivity contribution in [2.45, 2.75) is 23.4 Å². The maximum atomic E-state index is 14.6. The van der Waals surface area contributed by atoms with Crippen LogP contribution in [-0.2, 0) is 23.4 Å². The highest BCUT2D eigenvalue weighted by molar-refractivity contribution is 7.92. The second-order valence-electron chi connectivity index (χ2n) is 9.29. The van der Waals surface area contributed by atoms with Crippen molar-refractivity contribution in [3.05, 3.63) is 84.1 Å². The van der Waals surface area contributed by atoms with Gasteiger partial charge in [-0.25, -0.2) is 22.2 Å². The van der Waals surface area contributed by atoms with Crippen LogP contribution in [0.2, 0.25) is 0 Å². The number of benzene rings is 2. The molecule has 8 nitrogen and oxygen atoms in total. The van der Waals surface area contributed by atoms with Gasteiger partial charge in [-0.2, -0.15) is 0 Å². The van der Waals surface area contributed by atoms with Crippen molar-refractivity contribution in [1.29, 1.82) is 0 Å². The third-order valence-electron chi connectivity index (χ3n) is 6.77. The molecular formula is C28H24F2N4O4S. The van der Waals surface area contributed by atoms with Crippen molar-refractivity contribution in [1.82, 2.24) is 19.9 Å². The van der Waals surface area contributed by atoms with Crippen LogP contribution in [0.3, 0.4) is 0 Å². The van der Waals surface area contributed by atoms with E-state index in [1.807, 2.05) is 54.2 Å². The van der Waals surface area contributed by atoms with Gasteiger partial charge in [-0.15, -0.1) is 0 Å². The molecule has 5 aromatic rings. The quantitative estimate of drug-likeness (QED) is 0.340. The number of amides is 1. The van der Waals surface area contributed by atoms with Crippen molar-refractivity contribution >= 4 is 37.6 Å². The molecule has 1 atom stereocenters. The van der Waals surface area contributed by atoms with E-state index in [9.17, 15) is 22.0 Å². The third kappa shape index (κ3) is 4.38. The molecule has 2 aromatic carbocycles. The van der Waals surface area contributed by atoms with Crippen molar-refractivity contribution in [3.8, 4) is 17.0 Å². The van der Waals surface area contributed by atoms with Gasteiger partial charge in [0.2, 0.25) is 15.3 Å². The minimum atomic E-state index is -4.50. The Bertz CT molecular complexity index is 1890. The summed E-state index contributed by atoms with van der Waals surface area (Å²) in [6.07, 6.45) is 3.21. The van der Waals surface area contributed by atoms with E-state index in [0.29, 0.717) is 11.2 Å². The molecule has 6 rings (SSSR count). The summed E-state index contributed by atoms with van der Waals surface area (Å²) in [7, 11) is -2.52. The topological polar surface area (TPSA) is 103 Å². The summed E-state index contributed by atoms with van der Waals surface area (Å²) in [5.74, 6) is -2.37. The SMILES string of the molecule is Cn1ccc2c(-c3ccc4cnc(CNC(=O)c5cc(F)c6c(c5)S(=O)(=O)[C@@H](F)CCO6)cc4n3)cccc21.[HH]. The molecule has 0 saturated heterocycles. The summed E-state index contributed by atoms with van der Waals surface area (Å²) in [6, 6.07) is 15.5. The Labute approximate surface area is 223 Å². The lowest BCUT2D eigenvalue weighted by molar-refractivity contribution is 0.0949. The summed E-state index contributed by atoms with van der Waals surface area (Å²) in [5.41, 5.74) is 1.51. The molecule has 0 radical (unpaired) electrons. The van der Waals surface area contributed by atoms with Crippen LogP contribution in [0.25, 0.3) is 33.1 Å². The number of aryl methyl sites for hydroxylation is 1. The second kappa shape index (κ2) is 9.42. The van der Waals surface area contributed by atoms with Crippen LogP contribution in [0, 0.1) is 5.82 Å². The van der Waals surface area contributed by atoms with Gasteiger partial charge < -0.3 is 14.6 Å². The number of carbonyl (C=O) groups is 1. The van der Waals surface area contributed by atoms with Crippen LogP contribution < -0.4 is 10.1 Å². The lowest BCUT2D eigenvalue weighted by atomic mass is 10.1. The van der Waals surface area contributed by atoms with Gasteiger partial charge >= 0.3 is 0 Å². The first kappa shape index (κ1) is 24.9. The van der Waals surface area contributed by atoms with Gasteiger partial charge in [-0.05, 0) is 42.5 Å². The fraction of sp³-hybridized carbons (Fsp3) is 0.179. The first-order valence-electron chi connectivity index (χ1n) is 12.1. The Hall–Kier alpha value is -4.38. The minimum Gasteiger partial charge on any atom is -0.489 e. The molecule has 4 heterocycles. The molecule has 1 amide bonds. The molecular weight excluding hydrogens is 526 g/mol. The van der Waals surface area contributed by atoms with E-state index in [2.05, 4.69) is 10.3 Å². The van der Waals surface area contributed by atoms with Gasteiger partial charge in [-0.3, -0.25) is 9.78 Å². The standard InChI is InChI=1S/C28H22F2N4O4S.H2/c1-34-9-7-20-19(3-2-4-24(20)34)22-6-5-16-14-31-18(13-23(16)33-22)15-32-28(35)17-11-21(29)27-25(12-17)39(36,37)26(30)8-10-38-27;/h2-7,9,11-14,26H,8,10,15H2,1H3,(H,32,35);1H/t26-;/m1./s1. The number of rotatable bonds is 4. The highest BCUT2D eigenvalue weighted by atomic mass is 32.2. The van der Waals surface area contributed by atoms with Crippen molar-refractivity contribution in [3.63, 3.8) is 0 Å². The summed E-state index contributed by atoms with van der Waals surface area (Å²) in [4.78, 5) is 21.3. The first-order chi connectivity index (χ1) is 18.7. The number of hydrogen-bond acceptors (Lipinski definition) is 6. The maximum absolute atomic E-state index is 14.6. The minimum absolute atomic E-state index is 0. The highest BCUT2D eigenvalue weighted by Crippen LogP contribution is 2.35. The molecule has 39 heavy (non-hydrogen) atoms. The average Bonchev–Trinajstić information content (AvgIpc) is 3.27. The summed E-state index contributed by atoms with van der Waals surface area (Å²) in [6.45, 7) is -0.317. The zero-order chi connectivity index (χ0) is 27.3. The molecule has 0 unspecified atom stereocenters. The normalized spacial score (nSPS) is 16.4. The average molecular weight is 551 g/mol. The fourth-order valence-corrected chi connectivity index (χ4v) is 6.09. The van der Waals surface area contributed by atoms with Crippen molar-refractivity contribution in [2.24, 2.45) is 7.05 Å². The predicted molar refractivity (Wildman–Crippen MR) is 143 cm³/mol. The monoisotopic (exact) mass is 550 g/mol. The number of nitrogens with one attached hydrogen (secondary N) is 1. The Morgan fingerprint density at radius 1 is 1.21 bits per heavy atom. The zero-order valence-electron chi connectivity index (χ0n) is 20.7.